The van der Waals surface area contributed by atoms with Crippen molar-refractivity contribution in [2.75, 3.05) is 18.5 Å². The summed E-state index contributed by atoms with van der Waals surface area (Å²) in [7, 11) is 0. The zero-order chi connectivity index (χ0) is 19.6. The summed E-state index contributed by atoms with van der Waals surface area (Å²) in [4.78, 5) is 31.0. The molecule has 9 heteroatoms. The minimum absolute atomic E-state index is 0.0364. The van der Waals surface area contributed by atoms with Gasteiger partial charge in [-0.15, -0.1) is 0 Å². The maximum absolute atomic E-state index is 12.2. The maximum Gasteiger partial charge on any atom is 0.333 e. The molecular formula is C19H22N6O2S. The van der Waals surface area contributed by atoms with Crippen molar-refractivity contribution >= 4 is 22.5 Å². The predicted octanol–water partition coefficient (Wildman–Crippen LogP) is 3.64. The van der Waals surface area contributed by atoms with Gasteiger partial charge in [0.1, 0.15) is 12.2 Å². The molecule has 1 aliphatic heterocycles. The Kier molecular flexibility index (Phi) is 5.19. The van der Waals surface area contributed by atoms with E-state index >= 15 is 0 Å². The molecule has 28 heavy (non-hydrogen) atoms. The van der Waals surface area contributed by atoms with Crippen molar-refractivity contribution in [1.82, 2.24) is 24.5 Å². The molecule has 0 bridgehead atoms. The largest absolute Gasteiger partial charge is 0.381 e. The highest BCUT2D eigenvalue weighted by Gasteiger charge is 2.35. The molecule has 1 N–H and O–H groups in total. The number of imidazole rings is 1. The number of nitrogens with zero attached hydrogens (tertiary/aromatic N) is 5. The van der Waals surface area contributed by atoms with Gasteiger partial charge in [-0.05, 0) is 32.3 Å². The van der Waals surface area contributed by atoms with E-state index in [2.05, 4.69) is 27.2 Å². The average molecular weight is 398 g/mol. The van der Waals surface area contributed by atoms with Gasteiger partial charge < -0.3 is 4.74 Å². The second kappa shape index (κ2) is 7.76. The molecule has 1 amide bonds. The SMILES string of the molecule is CCC1(c2nccc(-c3sc(NC(=O)n4ccnc4)nc3C)n2)CCOCC1. The minimum Gasteiger partial charge on any atom is -0.381 e. The predicted molar refractivity (Wildman–Crippen MR) is 107 cm³/mol. The van der Waals surface area contributed by atoms with Gasteiger partial charge in [-0.3, -0.25) is 9.88 Å². The van der Waals surface area contributed by atoms with Crippen molar-refractivity contribution in [1.29, 1.82) is 0 Å². The van der Waals surface area contributed by atoms with Crippen LogP contribution < -0.4 is 5.32 Å². The molecule has 8 nitrogen and oxygen atoms in total. The summed E-state index contributed by atoms with van der Waals surface area (Å²) in [6, 6.07) is 1.60. The lowest BCUT2D eigenvalue weighted by Gasteiger charge is -2.34. The molecule has 0 aliphatic carbocycles. The summed E-state index contributed by atoms with van der Waals surface area (Å²) < 4.78 is 6.91. The normalized spacial score (nSPS) is 16.1. The third-order valence-electron chi connectivity index (χ3n) is 5.24. The second-order valence-electron chi connectivity index (χ2n) is 6.85. The van der Waals surface area contributed by atoms with Gasteiger partial charge in [0.05, 0.1) is 16.3 Å². The average Bonchev–Trinajstić information content (AvgIpc) is 3.39. The first-order chi connectivity index (χ1) is 13.6. The number of nitrogens with one attached hydrogen (secondary N) is 1. The summed E-state index contributed by atoms with van der Waals surface area (Å²) in [5.74, 6) is 0.868. The van der Waals surface area contributed by atoms with Crippen molar-refractivity contribution in [3.05, 3.63) is 42.5 Å². The van der Waals surface area contributed by atoms with E-state index in [0.717, 1.165) is 54.6 Å². The van der Waals surface area contributed by atoms with E-state index in [1.807, 2.05) is 19.2 Å². The van der Waals surface area contributed by atoms with Crippen LogP contribution in [0.3, 0.4) is 0 Å². The summed E-state index contributed by atoms with van der Waals surface area (Å²) in [5.41, 5.74) is 1.63. The molecule has 1 saturated heterocycles. The Morgan fingerprint density at radius 2 is 2.14 bits per heavy atom. The number of thiazole rings is 1. The van der Waals surface area contributed by atoms with Crippen LogP contribution in [0.15, 0.2) is 31.0 Å². The van der Waals surface area contributed by atoms with Gasteiger partial charge in [0.15, 0.2) is 5.13 Å². The lowest BCUT2D eigenvalue weighted by Crippen LogP contribution is -2.35. The second-order valence-corrected chi connectivity index (χ2v) is 7.84. The zero-order valence-corrected chi connectivity index (χ0v) is 16.7. The molecule has 0 spiro atoms. The van der Waals surface area contributed by atoms with E-state index < -0.39 is 0 Å². The number of hydrogen-bond acceptors (Lipinski definition) is 7. The first-order valence-corrected chi connectivity index (χ1v) is 10.1. The third-order valence-corrected chi connectivity index (χ3v) is 6.33. The van der Waals surface area contributed by atoms with Crippen LogP contribution in [0.4, 0.5) is 9.93 Å². The van der Waals surface area contributed by atoms with Crippen LogP contribution in [0.1, 0.15) is 37.7 Å². The number of carbonyl (C=O) groups is 1. The fourth-order valence-corrected chi connectivity index (χ4v) is 4.39. The fourth-order valence-electron chi connectivity index (χ4n) is 3.46. The molecule has 0 aromatic carbocycles. The molecule has 1 fully saturated rings. The van der Waals surface area contributed by atoms with Gasteiger partial charge in [0.25, 0.3) is 0 Å². The van der Waals surface area contributed by atoms with Gasteiger partial charge >= 0.3 is 6.03 Å². The molecular weight excluding hydrogens is 376 g/mol. The maximum atomic E-state index is 12.2. The van der Waals surface area contributed by atoms with Gasteiger partial charge in [0.2, 0.25) is 0 Å². The summed E-state index contributed by atoms with van der Waals surface area (Å²) >= 11 is 1.41. The zero-order valence-electron chi connectivity index (χ0n) is 15.9. The highest BCUT2D eigenvalue weighted by molar-refractivity contribution is 7.19. The van der Waals surface area contributed by atoms with E-state index in [1.165, 1.54) is 22.2 Å². The summed E-state index contributed by atoms with van der Waals surface area (Å²) in [6.07, 6.45) is 9.25. The molecule has 1 aliphatic rings. The Bertz CT molecular complexity index is 963. The van der Waals surface area contributed by atoms with E-state index in [9.17, 15) is 4.79 Å². The van der Waals surface area contributed by atoms with Crippen LogP contribution in [0.2, 0.25) is 0 Å². The van der Waals surface area contributed by atoms with Gasteiger partial charge in [-0.1, -0.05) is 18.3 Å². The molecule has 4 rings (SSSR count). The Morgan fingerprint density at radius 1 is 1.32 bits per heavy atom. The lowest BCUT2D eigenvalue weighted by atomic mass is 9.77. The highest BCUT2D eigenvalue weighted by atomic mass is 32.1. The number of aryl methyl sites for hydroxylation is 1. The standard InChI is InChI=1S/C19H22N6O2S/c1-3-19(5-10-27-11-6-19)16-21-7-4-14(23-16)15-13(2)22-17(28-15)24-18(26)25-9-8-20-12-25/h4,7-9,12H,3,5-6,10-11H2,1-2H3,(H,22,24,26). The minimum atomic E-state index is -0.298. The first kappa shape index (κ1) is 18.7. The van der Waals surface area contributed by atoms with Crippen molar-refractivity contribution in [3.8, 4) is 10.6 Å². The number of hydrogen-bond donors (Lipinski definition) is 1. The number of ether oxygens (including phenoxy) is 1. The number of amides is 1. The molecule has 4 heterocycles. The molecule has 0 radical (unpaired) electrons. The Balaban J connectivity index is 1.61. The third kappa shape index (κ3) is 3.55. The van der Waals surface area contributed by atoms with Crippen LogP contribution in [0, 0.1) is 6.92 Å². The Morgan fingerprint density at radius 3 is 2.86 bits per heavy atom. The molecule has 0 unspecified atom stereocenters. The smallest absolute Gasteiger partial charge is 0.333 e. The molecule has 3 aromatic heterocycles. The number of rotatable bonds is 4. The quantitative estimate of drug-likeness (QED) is 0.721. The topological polar surface area (TPSA) is 94.8 Å². The number of aromatic nitrogens is 5. The van der Waals surface area contributed by atoms with Crippen LogP contribution >= 0.6 is 11.3 Å². The Labute approximate surface area is 167 Å². The van der Waals surface area contributed by atoms with Crippen LogP contribution in [0.25, 0.3) is 10.6 Å². The number of carbonyl (C=O) groups excluding carboxylic acids is 1. The van der Waals surface area contributed by atoms with Gasteiger partial charge in [0, 0.05) is 37.2 Å². The molecule has 146 valence electrons. The summed E-state index contributed by atoms with van der Waals surface area (Å²) in [6.45, 7) is 5.59. The Hall–Kier alpha value is -2.65. The lowest BCUT2D eigenvalue weighted by molar-refractivity contribution is 0.0454. The van der Waals surface area contributed by atoms with Crippen molar-refractivity contribution in [2.45, 2.75) is 38.5 Å². The van der Waals surface area contributed by atoms with E-state index in [4.69, 9.17) is 9.72 Å². The molecule has 0 atom stereocenters. The van der Waals surface area contributed by atoms with Crippen molar-refractivity contribution in [3.63, 3.8) is 0 Å². The van der Waals surface area contributed by atoms with Gasteiger partial charge in [-0.25, -0.2) is 24.7 Å². The van der Waals surface area contributed by atoms with Crippen molar-refractivity contribution in [2.24, 2.45) is 0 Å². The van der Waals surface area contributed by atoms with Gasteiger partial charge in [-0.2, -0.15) is 0 Å². The number of anilines is 1. The highest BCUT2D eigenvalue weighted by Crippen LogP contribution is 2.38. The monoisotopic (exact) mass is 398 g/mol. The van der Waals surface area contributed by atoms with Crippen molar-refractivity contribution < 1.29 is 9.53 Å². The van der Waals surface area contributed by atoms with Crippen LogP contribution in [0.5, 0.6) is 0 Å². The van der Waals surface area contributed by atoms with E-state index in [0.29, 0.717) is 5.13 Å². The van der Waals surface area contributed by atoms with E-state index in [1.54, 1.807) is 12.4 Å². The van der Waals surface area contributed by atoms with E-state index in [-0.39, 0.29) is 11.4 Å². The summed E-state index contributed by atoms with van der Waals surface area (Å²) in [5, 5.41) is 3.33. The van der Waals surface area contributed by atoms with Crippen LogP contribution in [-0.2, 0) is 10.2 Å². The molecule has 0 saturated carbocycles. The first-order valence-electron chi connectivity index (χ1n) is 9.30. The van der Waals surface area contributed by atoms with Crippen LogP contribution in [-0.4, -0.2) is 43.7 Å². The molecule has 3 aromatic rings. The fraction of sp³-hybridized carbons (Fsp3) is 0.421.